The quantitative estimate of drug-likeness (QED) is 0.748. The van der Waals surface area contributed by atoms with Gasteiger partial charge in [0.1, 0.15) is 5.69 Å². The zero-order chi connectivity index (χ0) is 16.7. The van der Waals surface area contributed by atoms with Gasteiger partial charge in [-0.05, 0) is 25.0 Å². The molecule has 0 bridgehead atoms. The summed E-state index contributed by atoms with van der Waals surface area (Å²) in [6, 6.07) is 9.46. The zero-order valence-electron chi connectivity index (χ0n) is 13.8. The Hall–Kier alpha value is -2.56. The van der Waals surface area contributed by atoms with Gasteiger partial charge in [0.05, 0.1) is 16.4 Å². The van der Waals surface area contributed by atoms with Crippen molar-refractivity contribution in [3.05, 3.63) is 46.4 Å². The first kappa shape index (κ1) is 15.0. The van der Waals surface area contributed by atoms with E-state index in [9.17, 15) is 9.59 Å². The standard InChI is InChI=1S/C19H21N3O2/c1-21-16(19(24)22-10-6-2-3-7-11-22)12-14-17(21)13-8-4-5-9-15(13)20-18(14)23/h4-5,8-9,12H,2-3,6-7,10-11H2,1H3,(H,20,23). The Bertz CT molecular complexity index is 975. The van der Waals surface area contributed by atoms with E-state index in [0.717, 1.165) is 42.4 Å². The van der Waals surface area contributed by atoms with Gasteiger partial charge in [0.25, 0.3) is 11.5 Å². The summed E-state index contributed by atoms with van der Waals surface area (Å²) < 4.78 is 1.88. The number of para-hydroxylation sites is 1. The number of H-pyrrole nitrogens is 1. The highest BCUT2D eigenvalue weighted by molar-refractivity contribution is 6.07. The molecule has 3 aromatic rings. The van der Waals surface area contributed by atoms with E-state index in [0.29, 0.717) is 11.1 Å². The summed E-state index contributed by atoms with van der Waals surface area (Å²) >= 11 is 0. The van der Waals surface area contributed by atoms with Crippen molar-refractivity contribution in [2.45, 2.75) is 25.7 Å². The molecule has 0 unspecified atom stereocenters. The summed E-state index contributed by atoms with van der Waals surface area (Å²) in [4.78, 5) is 30.2. The van der Waals surface area contributed by atoms with Crippen LogP contribution < -0.4 is 5.56 Å². The van der Waals surface area contributed by atoms with Crippen molar-refractivity contribution in [2.75, 3.05) is 13.1 Å². The Morgan fingerprint density at radius 2 is 1.75 bits per heavy atom. The molecule has 0 atom stereocenters. The molecule has 1 aliphatic rings. The fourth-order valence-corrected chi connectivity index (χ4v) is 3.73. The molecule has 5 heteroatoms. The van der Waals surface area contributed by atoms with Gasteiger partial charge in [-0.2, -0.15) is 0 Å². The molecule has 3 heterocycles. The highest BCUT2D eigenvalue weighted by atomic mass is 16.2. The van der Waals surface area contributed by atoms with Crippen LogP contribution in [0.2, 0.25) is 0 Å². The van der Waals surface area contributed by atoms with Gasteiger partial charge < -0.3 is 14.5 Å². The lowest BCUT2D eigenvalue weighted by molar-refractivity contribution is 0.0752. The second-order valence-electron chi connectivity index (χ2n) is 6.56. The Morgan fingerprint density at radius 3 is 2.50 bits per heavy atom. The van der Waals surface area contributed by atoms with Crippen molar-refractivity contribution in [3.8, 4) is 0 Å². The van der Waals surface area contributed by atoms with E-state index in [-0.39, 0.29) is 11.5 Å². The smallest absolute Gasteiger partial charge is 0.270 e. The van der Waals surface area contributed by atoms with Gasteiger partial charge in [-0.3, -0.25) is 9.59 Å². The number of aromatic amines is 1. The lowest BCUT2D eigenvalue weighted by atomic mass is 10.1. The van der Waals surface area contributed by atoms with Gasteiger partial charge in [-0.15, -0.1) is 0 Å². The lowest BCUT2D eigenvalue weighted by Crippen LogP contribution is -2.33. The Kier molecular flexibility index (Phi) is 3.63. The molecule has 0 spiro atoms. The minimum Gasteiger partial charge on any atom is -0.339 e. The molecule has 1 fully saturated rings. The molecule has 1 N–H and O–H groups in total. The second kappa shape index (κ2) is 5.82. The predicted molar refractivity (Wildman–Crippen MR) is 95.4 cm³/mol. The highest BCUT2D eigenvalue weighted by Crippen LogP contribution is 2.25. The number of hydrogen-bond donors (Lipinski definition) is 1. The van der Waals surface area contributed by atoms with Crippen molar-refractivity contribution < 1.29 is 4.79 Å². The van der Waals surface area contributed by atoms with Crippen LogP contribution in [0.15, 0.2) is 35.1 Å². The van der Waals surface area contributed by atoms with E-state index in [1.165, 1.54) is 12.8 Å². The van der Waals surface area contributed by atoms with E-state index < -0.39 is 0 Å². The van der Waals surface area contributed by atoms with E-state index in [1.54, 1.807) is 6.07 Å². The van der Waals surface area contributed by atoms with Crippen LogP contribution in [0.5, 0.6) is 0 Å². The molecule has 1 amide bonds. The second-order valence-corrected chi connectivity index (χ2v) is 6.56. The molecule has 0 saturated carbocycles. The number of rotatable bonds is 1. The molecule has 5 nitrogen and oxygen atoms in total. The molecule has 124 valence electrons. The first-order chi connectivity index (χ1) is 11.7. The number of aromatic nitrogens is 2. The Morgan fingerprint density at radius 1 is 1.04 bits per heavy atom. The molecular weight excluding hydrogens is 302 g/mol. The van der Waals surface area contributed by atoms with Crippen molar-refractivity contribution >= 4 is 27.7 Å². The van der Waals surface area contributed by atoms with Gasteiger partial charge in [0.2, 0.25) is 0 Å². The zero-order valence-corrected chi connectivity index (χ0v) is 13.8. The Balaban J connectivity index is 1.89. The first-order valence-corrected chi connectivity index (χ1v) is 8.56. The minimum atomic E-state index is -0.144. The Labute approximate surface area is 139 Å². The third-order valence-electron chi connectivity index (χ3n) is 5.02. The fraction of sp³-hybridized carbons (Fsp3) is 0.368. The van der Waals surface area contributed by atoms with Crippen molar-refractivity contribution in [1.29, 1.82) is 0 Å². The number of pyridine rings is 1. The number of likely N-dealkylation sites (tertiary alicyclic amines) is 1. The van der Waals surface area contributed by atoms with Gasteiger partial charge >= 0.3 is 0 Å². The summed E-state index contributed by atoms with van der Waals surface area (Å²) in [7, 11) is 1.87. The average molecular weight is 323 g/mol. The van der Waals surface area contributed by atoms with Crippen LogP contribution in [0, 0.1) is 0 Å². The topological polar surface area (TPSA) is 58.1 Å². The summed E-state index contributed by atoms with van der Waals surface area (Å²) in [6.07, 6.45) is 4.48. The van der Waals surface area contributed by atoms with Gasteiger partial charge in [0, 0.05) is 25.5 Å². The van der Waals surface area contributed by atoms with Gasteiger partial charge in [-0.25, -0.2) is 0 Å². The number of amides is 1. The maximum atomic E-state index is 13.0. The molecule has 2 aromatic heterocycles. The summed E-state index contributed by atoms with van der Waals surface area (Å²) in [5.74, 6) is 0.0269. The molecule has 0 aliphatic carbocycles. The van der Waals surface area contributed by atoms with Crippen LogP contribution in [0.4, 0.5) is 0 Å². The monoisotopic (exact) mass is 323 g/mol. The van der Waals surface area contributed by atoms with Gasteiger partial charge in [-0.1, -0.05) is 31.0 Å². The summed E-state index contributed by atoms with van der Waals surface area (Å²) in [6.45, 7) is 1.61. The number of carbonyl (C=O) groups is 1. The van der Waals surface area contributed by atoms with E-state index in [2.05, 4.69) is 4.98 Å². The average Bonchev–Trinajstić information content (AvgIpc) is 2.76. The summed E-state index contributed by atoms with van der Waals surface area (Å²) in [5, 5.41) is 1.54. The predicted octanol–water partition coefficient (Wildman–Crippen LogP) is 3.04. The van der Waals surface area contributed by atoms with Gasteiger partial charge in [0.15, 0.2) is 0 Å². The largest absolute Gasteiger partial charge is 0.339 e. The molecule has 1 aliphatic heterocycles. The summed E-state index contributed by atoms with van der Waals surface area (Å²) in [5.41, 5.74) is 2.07. The number of benzene rings is 1. The SMILES string of the molecule is Cn1c(C(=O)N2CCCCCC2)cc2c(=O)[nH]c3ccccc3c21. The molecule has 1 aromatic carbocycles. The molecule has 1 saturated heterocycles. The van der Waals surface area contributed by atoms with E-state index in [4.69, 9.17) is 0 Å². The van der Waals surface area contributed by atoms with E-state index in [1.807, 2.05) is 40.8 Å². The van der Waals surface area contributed by atoms with Crippen LogP contribution in [0.3, 0.4) is 0 Å². The van der Waals surface area contributed by atoms with Crippen molar-refractivity contribution in [3.63, 3.8) is 0 Å². The third kappa shape index (κ3) is 2.31. The number of fused-ring (bicyclic) bond motifs is 3. The van der Waals surface area contributed by atoms with E-state index >= 15 is 0 Å². The highest BCUT2D eigenvalue weighted by Gasteiger charge is 2.22. The maximum Gasteiger partial charge on any atom is 0.270 e. The van der Waals surface area contributed by atoms with Crippen LogP contribution in [-0.4, -0.2) is 33.4 Å². The lowest BCUT2D eigenvalue weighted by Gasteiger charge is -2.20. The van der Waals surface area contributed by atoms with Crippen molar-refractivity contribution in [1.82, 2.24) is 14.5 Å². The number of nitrogens with one attached hydrogen (secondary N) is 1. The minimum absolute atomic E-state index is 0.0269. The fourth-order valence-electron chi connectivity index (χ4n) is 3.73. The van der Waals surface area contributed by atoms with Crippen LogP contribution in [0.1, 0.15) is 36.2 Å². The molecular formula is C19H21N3O2. The van der Waals surface area contributed by atoms with Crippen LogP contribution in [0.25, 0.3) is 21.8 Å². The molecule has 24 heavy (non-hydrogen) atoms. The van der Waals surface area contributed by atoms with Crippen molar-refractivity contribution in [2.24, 2.45) is 7.05 Å². The maximum absolute atomic E-state index is 13.0. The number of aryl methyl sites for hydroxylation is 1. The molecule has 4 rings (SSSR count). The van der Waals surface area contributed by atoms with Crippen LogP contribution in [-0.2, 0) is 7.05 Å². The first-order valence-electron chi connectivity index (χ1n) is 8.56. The number of hydrogen-bond acceptors (Lipinski definition) is 2. The van der Waals surface area contributed by atoms with Crippen LogP contribution >= 0.6 is 0 Å². The number of nitrogens with zero attached hydrogens (tertiary/aromatic N) is 2. The number of carbonyl (C=O) groups excluding carboxylic acids is 1. The normalized spacial score (nSPS) is 15.8. The third-order valence-corrected chi connectivity index (χ3v) is 5.02. The molecule has 0 radical (unpaired) electrons.